The van der Waals surface area contributed by atoms with E-state index in [9.17, 15) is 4.79 Å². The lowest BCUT2D eigenvalue weighted by Gasteiger charge is -2.28. The van der Waals surface area contributed by atoms with Crippen molar-refractivity contribution in [2.45, 2.75) is 32.7 Å². The van der Waals surface area contributed by atoms with Crippen molar-refractivity contribution < 1.29 is 9.53 Å². The van der Waals surface area contributed by atoms with Crippen LogP contribution in [-0.4, -0.2) is 37.6 Å². The highest BCUT2D eigenvalue weighted by Gasteiger charge is 2.21. The van der Waals surface area contributed by atoms with Gasteiger partial charge in [0.1, 0.15) is 5.75 Å². The van der Waals surface area contributed by atoms with E-state index >= 15 is 0 Å². The van der Waals surface area contributed by atoms with Crippen LogP contribution in [0.25, 0.3) is 0 Å². The zero-order chi connectivity index (χ0) is 15.1. The van der Waals surface area contributed by atoms with Crippen molar-refractivity contribution in [2.24, 2.45) is 11.7 Å². The number of nitrogens with two attached hydrogens (primary N) is 1. The number of ether oxygens (including phenoxy) is 1. The van der Waals surface area contributed by atoms with Crippen molar-refractivity contribution in [3.63, 3.8) is 0 Å². The molecule has 0 fully saturated rings. The van der Waals surface area contributed by atoms with E-state index in [1.54, 1.807) is 7.11 Å². The highest BCUT2D eigenvalue weighted by molar-refractivity contribution is 5.78. The molecule has 0 heterocycles. The highest BCUT2D eigenvalue weighted by Crippen LogP contribution is 2.21. The Kier molecular flexibility index (Phi) is 6.52. The minimum absolute atomic E-state index is 0.0230. The number of likely N-dealkylation sites (N-methyl/N-ethyl adjacent to an activating group) is 1. The quantitative estimate of drug-likeness (QED) is 0.830. The Morgan fingerprint density at radius 3 is 2.60 bits per heavy atom. The average molecular weight is 278 g/mol. The van der Waals surface area contributed by atoms with Crippen LogP contribution in [0.5, 0.6) is 5.75 Å². The first-order chi connectivity index (χ1) is 9.51. The van der Waals surface area contributed by atoms with E-state index in [4.69, 9.17) is 10.5 Å². The van der Waals surface area contributed by atoms with Gasteiger partial charge in [0.25, 0.3) is 0 Å². The molecule has 0 aliphatic heterocycles. The molecule has 2 unspecified atom stereocenters. The van der Waals surface area contributed by atoms with Crippen molar-refractivity contribution in [1.82, 2.24) is 4.90 Å². The van der Waals surface area contributed by atoms with Crippen LogP contribution < -0.4 is 10.5 Å². The zero-order valence-corrected chi connectivity index (χ0v) is 12.9. The molecule has 0 spiro atoms. The zero-order valence-electron chi connectivity index (χ0n) is 12.9. The van der Waals surface area contributed by atoms with Gasteiger partial charge in [-0.2, -0.15) is 0 Å². The summed E-state index contributed by atoms with van der Waals surface area (Å²) < 4.78 is 5.35. The molecule has 2 N–H and O–H groups in total. The second-order valence-corrected chi connectivity index (χ2v) is 5.29. The maximum Gasteiger partial charge on any atom is 0.225 e. The summed E-state index contributed by atoms with van der Waals surface area (Å²) >= 11 is 0. The summed E-state index contributed by atoms with van der Waals surface area (Å²) in [5.74, 6) is 0.998. The summed E-state index contributed by atoms with van der Waals surface area (Å²) in [5, 5.41) is 0. The molecule has 0 saturated heterocycles. The fourth-order valence-electron chi connectivity index (χ4n) is 2.27. The molecule has 1 aromatic carbocycles. The minimum atomic E-state index is -0.0230. The summed E-state index contributed by atoms with van der Waals surface area (Å²) in [4.78, 5) is 14.1. The van der Waals surface area contributed by atoms with E-state index in [1.807, 2.05) is 43.1 Å². The Labute approximate surface area is 121 Å². The van der Waals surface area contributed by atoms with Gasteiger partial charge in [-0.15, -0.1) is 0 Å². The van der Waals surface area contributed by atoms with Crippen LogP contribution in [-0.2, 0) is 11.2 Å². The Morgan fingerprint density at radius 1 is 1.35 bits per heavy atom. The van der Waals surface area contributed by atoms with Crippen molar-refractivity contribution in [3.8, 4) is 5.75 Å². The third-order valence-corrected chi connectivity index (χ3v) is 3.74. The van der Waals surface area contributed by atoms with Crippen molar-refractivity contribution in [3.05, 3.63) is 29.8 Å². The van der Waals surface area contributed by atoms with E-state index in [-0.39, 0.29) is 17.9 Å². The maximum absolute atomic E-state index is 12.3. The Hall–Kier alpha value is -1.55. The summed E-state index contributed by atoms with van der Waals surface area (Å²) in [7, 11) is 3.52. The molecule has 0 aliphatic carbocycles. The lowest BCUT2D eigenvalue weighted by atomic mass is 10.0. The minimum Gasteiger partial charge on any atom is -0.496 e. The summed E-state index contributed by atoms with van der Waals surface area (Å²) in [6.45, 7) is 4.53. The van der Waals surface area contributed by atoms with Gasteiger partial charge in [-0.1, -0.05) is 25.1 Å². The third kappa shape index (κ3) is 4.23. The van der Waals surface area contributed by atoms with E-state index < -0.39 is 0 Å². The van der Waals surface area contributed by atoms with E-state index in [2.05, 4.69) is 6.92 Å². The largest absolute Gasteiger partial charge is 0.496 e. The first-order valence-corrected chi connectivity index (χ1v) is 7.09. The second-order valence-electron chi connectivity index (χ2n) is 5.29. The van der Waals surface area contributed by atoms with Crippen LogP contribution in [0.15, 0.2) is 24.3 Å². The topological polar surface area (TPSA) is 55.6 Å². The van der Waals surface area contributed by atoms with Gasteiger partial charge in [0.15, 0.2) is 0 Å². The molecule has 0 aromatic heterocycles. The van der Waals surface area contributed by atoms with Crippen LogP contribution in [0, 0.1) is 5.92 Å². The fourth-order valence-corrected chi connectivity index (χ4v) is 2.27. The number of rotatable bonds is 7. The van der Waals surface area contributed by atoms with Crippen molar-refractivity contribution in [2.75, 3.05) is 20.7 Å². The predicted octanol–water partition coefficient (Wildman–Crippen LogP) is 2.07. The lowest BCUT2D eigenvalue weighted by Crippen LogP contribution is -2.40. The van der Waals surface area contributed by atoms with E-state index in [1.165, 1.54) is 0 Å². The Balaban J connectivity index is 2.70. The van der Waals surface area contributed by atoms with Crippen molar-refractivity contribution >= 4 is 5.91 Å². The summed E-state index contributed by atoms with van der Waals surface area (Å²) in [6, 6.07) is 8.05. The molecule has 0 radical (unpaired) electrons. The number of hydrogen-bond acceptors (Lipinski definition) is 3. The number of methoxy groups -OCH3 is 1. The van der Waals surface area contributed by atoms with Crippen LogP contribution in [0.4, 0.5) is 0 Å². The molecule has 1 rings (SSSR count). The number of carbonyl (C=O) groups excluding carboxylic acids is 1. The Bertz CT molecular complexity index is 434. The first-order valence-electron chi connectivity index (χ1n) is 7.09. The molecule has 0 bridgehead atoms. The number of carbonyl (C=O) groups is 1. The first kappa shape index (κ1) is 16.5. The molecule has 0 aliphatic rings. The van der Waals surface area contributed by atoms with Crippen molar-refractivity contribution in [1.29, 1.82) is 0 Å². The average Bonchev–Trinajstić information content (AvgIpc) is 2.46. The number of amides is 1. The standard InChI is InChI=1S/C16H26N2O2/c1-12(9-10-17)16(19)18(3)13(2)11-14-7-5-6-8-15(14)20-4/h5-8,12-13H,9-11,17H2,1-4H3. The molecule has 4 nitrogen and oxygen atoms in total. The maximum atomic E-state index is 12.3. The molecule has 0 saturated carbocycles. The Morgan fingerprint density at radius 2 is 2.00 bits per heavy atom. The van der Waals surface area contributed by atoms with Gasteiger partial charge in [-0.25, -0.2) is 0 Å². The van der Waals surface area contributed by atoms with E-state index in [0.717, 1.165) is 24.2 Å². The third-order valence-electron chi connectivity index (χ3n) is 3.74. The van der Waals surface area contributed by atoms with Crippen LogP contribution in [0.1, 0.15) is 25.8 Å². The van der Waals surface area contributed by atoms with E-state index in [0.29, 0.717) is 6.54 Å². The number of nitrogens with zero attached hydrogens (tertiary/aromatic N) is 1. The van der Waals surface area contributed by atoms with Gasteiger partial charge >= 0.3 is 0 Å². The number of para-hydroxylation sites is 1. The SMILES string of the molecule is COc1ccccc1CC(C)N(C)C(=O)C(C)CCN. The molecule has 20 heavy (non-hydrogen) atoms. The van der Waals surface area contributed by atoms with Gasteiger partial charge in [0, 0.05) is 19.0 Å². The van der Waals surface area contributed by atoms with Crippen LogP contribution >= 0.6 is 0 Å². The highest BCUT2D eigenvalue weighted by atomic mass is 16.5. The molecule has 2 atom stereocenters. The van der Waals surface area contributed by atoms with Gasteiger partial charge < -0.3 is 15.4 Å². The number of benzene rings is 1. The van der Waals surface area contributed by atoms with Crippen LogP contribution in [0.2, 0.25) is 0 Å². The predicted molar refractivity (Wildman–Crippen MR) is 81.8 cm³/mol. The smallest absolute Gasteiger partial charge is 0.225 e. The van der Waals surface area contributed by atoms with Gasteiger partial charge in [-0.3, -0.25) is 4.79 Å². The number of hydrogen-bond donors (Lipinski definition) is 1. The lowest BCUT2D eigenvalue weighted by molar-refractivity contribution is -0.135. The molecule has 4 heteroatoms. The van der Waals surface area contributed by atoms with Gasteiger partial charge in [-0.05, 0) is 37.9 Å². The van der Waals surface area contributed by atoms with Gasteiger partial charge in [0.05, 0.1) is 7.11 Å². The van der Waals surface area contributed by atoms with Crippen LogP contribution in [0.3, 0.4) is 0 Å². The van der Waals surface area contributed by atoms with Gasteiger partial charge in [0.2, 0.25) is 5.91 Å². The molecule has 1 aromatic rings. The molecule has 1 amide bonds. The summed E-state index contributed by atoms with van der Waals surface area (Å²) in [5.41, 5.74) is 6.64. The molecule has 112 valence electrons. The molecular formula is C16H26N2O2. The molecular weight excluding hydrogens is 252 g/mol. The second kappa shape index (κ2) is 7.90. The summed E-state index contributed by atoms with van der Waals surface area (Å²) in [6.07, 6.45) is 1.51. The monoisotopic (exact) mass is 278 g/mol. The normalized spacial score (nSPS) is 13.7. The fraction of sp³-hybridized carbons (Fsp3) is 0.562.